The van der Waals surface area contributed by atoms with E-state index in [1.165, 1.54) is 20.8 Å². The van der Waals surface area contributed by atoms with Gasteiger partial charge in [-0.3, -0.25) is 18.3 Å². The van der Waals surface area contributed by atoms with Crippen molar-refractivity contribution in [3.8, 4) is 22.9 Å². The number of benzene rings is 4. The maximum absolute atomic E-state index is 12.9. The molecule has 2 aromatic heterocycles. The van der Waals surface area contributed by atoms with Gasteiger partial charge in [0.15, 0.2) is 6.04 Å². The summed E-state index contributed by atoms with van der Waals surface area (Å²) in [6.07, 6.45) is 6.59. The zero-order valence-corrected chi connectivity index (χ0v) is 30.5. The summed E-state index contributed by atoms with van der Waals surface area (Å²) in [5, 5.41) is 9.82. The summed E-state index contributed by atoms with van der Waals surface area (Å²) in [5.74, 6) is 0.747. The van der Waals surface area contributed by atoms with Crippen LogP contribution in [0.5, 0.6) is 11.5 Å². The Bertz CT molecular complexity index is 2170. The summed E-state index contributed by atoms with van der Waals surface area (Å²) in [6.45, 7) is -0.183. The second kappa shape index (κ2) is 16.5. The Morgan fingerprint density at radius 1 is 0.660 bits per heavy atom. The average Bonchev–Trinajstić information content (AvgIpc) is 3.71. The molecule has 6 rings (SSSR count). The Hall–Kier alpha value is -5.11. The smallest absolute Gasteiger partial charge is 0.333 e. The van der Waals surface area contributed by atoms with Crippen molar-refractivity contribution in [1.82, 2.24) is 18.3 Å². The van der Waals surface area contributed by atoms with E-state index in [1.807, 2.05) is 72.8 Å². The third kappa shape index (κ3) is 8.02. The molecule has 2 atom stereocenters. The summed E-state index contributed by atoms with van der Waals surface area (Å²) in [5.41, 5.74) is 2.33. The highest BCUT2D eigenvalue weighted by Gasteiger charge is 2.26. The lowest BCUT2D eigenvalue weighted by Crippen LogP contribution is -2.32. The summed E-state index contributed by atoms with van der Waals surface area (Å²) in [7, 11) is 4.43. The molecule has 0 fully saturated rings. The minimum Gasteiger partial charge on any atom is -0.497 e. The number of aliphatic hydroxyl groups excluding tert-OH is 1. The van der Waals surface area contributed by atoms with Gasteiger partial charge in [-0.25, -0.2) is 14.4 Å². The molecule has 2 heterocycles. The fraction of sp³-hybridized carbons (Fsp3) is 0.162. The molecule has 13 heteroatoms. The van der Waals surface area contributed by atoms with Crippen molar-refractivity contribution >= 4 is 37.8 Å². The molecule has 6 aromatic rings. The molecule has 0 saturated heterocycles. The molecule has 0 spiro atoms. The molecule has 2 unspecified atom stereocenters. The van der Waals surface area contributed by atoms with Crippen molar-refractivity contribution in [3.05, 3.63) is 163 Å². The number of aromatic nitrogens is 4. The van der Waals surface area contributed by atoms with E-state index in [4.69, 9.17) is 14.2 Å². The molecule has 50 heavy (non-hydrogen) atoms. The van der Waals surface area contributed by atoms with E-state index >= 15 is 0 Å². The first-order valence-electron chi connectivity index (χ1n) is 15.3. The van der Waals surface area contributed by atoms with Crippen LogP contribution in [-0.2, 0) is 9.53 Å². The van der Waals surface area contributed by atoms with Gasteiger partial charge < -0.3 is 19.3 Å². The first kappa shape index (κ1) is 36.2. The first-order valence-corrected chi connectivity index (χ1v) is 16.8. The predicted molar refractivity (Wildman–Crippen MR) is 197 cm³/mol. The molecule has 0 amide bonds. The van der Waals surface area contributed by atoms with Crippen LogP contribution in [0.25, 0.3) is 11.4 Å². The normalized spacial score (nSPS) is 12.0. The quantitative estimate of drug-likeness (QED) is 0.165. The maximum Gasteiger partial charge on any atom is 0.333 e. The first-order chi connectivity index (χ1) is 24.2. The van der Waals surface area contributed by atoms with Gasteiger partial charge in [0.2, 0.25) is 0 Å². The van der Waals surface area contributed by atoms with Crippen LogP contribution in [0.4, 0.5) is 0 Å². The molecule has 4 aromatic carbocycles. The van der Waals surface area contributed by atoms with Crippen LogP contribution in [0.3, 0.4) is 0 Å². The highest BCUT2D eigenvalue weighted by atomic mass is 79.9. The Labute approximate surface area is 304 Å². The summed E-state index contributed by atoms with van der Waals surface area (Å²) in [6, 6.07) is 27.8. The van der Waals surface area contributed by atoms with E-state index in [-0.39, 0.29) is 18.0 Å². The molecule has 0 aliphatic carbocycles. The lowest BCUT2D eigenvalue weighted by atomic mass is 10.1. The number of imidazole rings is 2. The third-order valence-corrected chi connectivity index (χ3v) is 8.97. The van der Waals surface area contributed by atoms with Gasteiger partial charge in [-0.15, -0.1) is 0 Å². The summed E-state index contributed by atoms with van der Waals surface area (Å²) >= 11 is 6.75. The van der Waals surface area contributed by atoms with Crippen molar-refractivity contribution in [2.75, 3.05) is 27.9 Å². The number of esters is 1. The van der Waals surface area contributed by atoms with Crippen molar-refractivity contribution in [2.24, 2.45) is 0 Å². The van der Waals surface area contributed by atoms with Crippen molar-refractivity contribution in [3.63, 3.8) is 0 Å². The van der Waals surface area contributed by atoms with Gasteiger partial charge in [0, 0.05) is 33.7 Å². The standard InChI is InChI=1S/C19H17BrN2O4.C18H17BrN2O3/c1-25-16-5-3-4-13(12-16)17(18(23)26-2)22-11-10-21(19(22)24)15-8-6-14(20)7-9-15;1-24-16-4-2-3-13(11-16)17(12-22)21-10-9-20(18(21)23)15-7-5-14(19)6-8-15/h3-12,17H,1-2H3;2-11,17,22H,12H2,1H3. The van der Waals surface area contributed by atoms with Gasteiger partial charge in [-0.2, -0.15) is 0 Å². The number of carbonyl (C=O) groups is 1. The molecule has 0 radical (unpaired) electrons. The Morgan fingerprint density at radius 2 is 1.12 bits per heavy atom. The molecular weight excluding hydrogens is 772 g/mol. The van der Waals surface area contributed by atoms with Crippen LogP contribution in [0, 0.1) is 0 Å². The summed E-state index contributed by atoms with van der Waals surface area (Å²) < 4.78 is 23.1. The van der Waals surface area contributed by atoms with Crippen LogP contribution in [-0.4, -0.2) is 57.3 Å². The Kier molecular flexibility index (Phi) is 12.0. The monoisotopic (exact) mass is 804 g/mol. The Morgan fingerprint density at radius 3 is 1.60 bits per heavy atom. The van der Waals surface area contributed by atoms with Gasteiger partial charge in [0.1, 0.15) is 11.5 Å². The van der Waals surface area contributed by atoms with Crippen LogP contribution < -0.4 is 20.9 Å². The minimum absolute atomic E-state index is 0.183. The molecule has 0 bridgehead atoms. The van der Waals surface area contributed by atoms with Crippen LogP contribution in [0.1, 0.15) is 23.2 Å². The lowest BCUT2D eigenvalue weighted by molar-refractivity contribution is -0.143. The molecule has 0 aliphatic heterocycles. The van der Waals surface area contributed by atoms with Crippen LogP contribution in [0.2, 0.25) is 0 Å². The Balaban J connectivity index is 0.000000195. The molecule has 0 saturated carbocycles. The number of halogens is 2. The number of ether oxygens (including phenoxy) is 3. The highest BCUT2D eigenvalue weighted by Crippen LogP contribution is 2.24. The fourth-order valence-electron chi connectivity index (χ4n) is 5.35. The average molecular weight is 807 g/mol. The van der Waals surface area contributed by atoms with Crippen molar-refractivity contribution in [1.29, 1.82) is 0 Å². The van der Waals surface area contributed by atoms with E-state index in [1.54, 1.807) is 67.8 Å². The van der Waals surface area contributed by atoms with Gasteiger partial charge in [0.05, 0.1) is 45.4 Å². The topological polar surface area (TPSA) is 119 Å². The highest BCUT2D eigenvalue weighted by molar-refractivity contribution is 9.10. The second-order valence-electron chi connectivity index (χ2n) is 10.8. The van der Waals surface area contributed by atoms with E-state index in [2.05, 4.69) is 31.9 Å². The van der Waals surface area contributed by atoms with Gasteiger partial charge in [0.25, 0.3) is 0 Å². The van der Waals surface area contributed by atoms with Gasteiger partial charge in [-0.1, -0.05) is 56.1 Å². The number of hydrogen-bond acceptors (Lipinski definition) is 7. The third-order valence-electron chi connectivity index (χ3n) is 7.92. The molecule has 1 N–H and O–H groups in total. The second-order valence-corrected chi connectivity index (χ2v) is 12.7. The SMILES string of the molecule is COC(=O)C(c1cccc(OC)c1)n1ccn(-c2ccc(Br)cc2)c1=O.COc1cccc(C(CO)n2ccn(-c3ccc(Br)cc3)c2=O)c1. The minimum atomic E-state index is -0.903. The van der Waals surface area contributed by atoms with Gasteiger partial charge >= 0.3 is 17.3 Å². The number of nitrogens with zero attached hydrogens (tertiary/aromatic N) is 4. The molecular formula is C37H34Br2N4O7. The number of aliphatic hydroxyl groups is 1. The van der Waals surface area contributed by atoms with E-state index < -0.39 is 18.1 Å². The van der Waals surface area contributed by atoms with Crippen LogP contribution >= 0.6 is 31.9 Å². The number of rotatable bonds is 10. The van der Waals surface area contributed by atoms with E-state index in [0.717, 1.165) is 20.2 Å². The predicted octanol–water partition coefficient (Wildman–Crippen LogP) is 6.16. The lowest BCUT2D eigenvalue weighted by Gasteiger charge is -2.16. The largest absolute Gasteiger partial charge is 0.497 e. The van der Waals surface area contributed by atoms with E-state index in [9.17, 15) is 19.5 Å². The van der Waals surface area contributed by atoms with E-state index in [0.29, 0.717) is 22.7 Å². The van der Waals surface area contributed by atoms with Crippen molar-refractivity contribution in [2.45, 2.75) is 12.1 Å². The van der Waals surface area contributed by atoms with Crippen LogP contribution in [0.15, 0.2) is 140 Å². The zero-order chi connectivity index (χ0) is 35.8. The number of methoxy groups -OCH3 is 3. The zero-order valence-electron chi connectivity index (χ0n) is 27.4. The summed E-state index contributed by atoms with van der Waals surface area (Å²) in [4.78, 5) is 38.1. The fourth-order valence-corrected chi connectivity index (χ4v) is 5.88. The number of hydrogen-bond donors (Lipinski definition) is 1. The van der Waals surface area contributed by atoms with Gasteiger partial charge in [-0.05, 0) is 83.9 Å². The molecule has 11 nitrogen and oxygen atoms in total. The maximum atomic E-state index is 12.9. The molecule has 0 aliphatic rings. The van der Waals surface area contributed by atoms with Crippen molar-refractivity contribution < 1.29 is 24.1 Å². The molecule has 258 valence electrons. The number of carbonyl (C=O) groups excluding carboxylic acids is 1.